The molecule has 0 amide bonds. The van der Waals surface area contributed by atoms with Crippen molar-refractivity contribution in [2.75, 3.05) is 0 Å². The quantitative estimate of drug-likeness (QED) is 0.574. The van der Waals surface area contributed by atoms with Gasteiger partial charge in [0.1, 0.15) is 11.5 Å². The van der Waals surface area contributed by atoms with Gasteiger partial charge in [-0.1, -0.05) is 60.1 Å². The highest BCUT2D eigenvalue weighted by Crippen LogP contribution is 2.45. The lowest BCUT2D eigenvalue weighted by atomic mass is 10.0. The van der Waals surface area contributed by atoms with Gasteiger partial charge >= 0.3 is 0 Å². The lowest BCUT2D eigenvalue weighted by Gasteiger charge is -2.12. The topological polar surface area (TPSA) is 26.3 Å². The molecule has 1 aliphatic heterocycles. The van der Waals surface area contributed by atoms with E-state index in [0.29, 0.717) is 27.7 Å². The van der Waals surface area contributed by atoms with Crippen LogP contribution in [-0.4, -0.2) is 6.29 Å². The van der Waals surface area contributed by atoms with Gasteiger partial charge in [-0.15, -0.1) is 0 Å². The molecule has 4 rings (SSSR count). The van der Waals surface area contributed by atoms with Crippen LogP contribution in [0.5, 0.6) is 11.5 Å². The van der Waals surface area contributed by atoms with Crippen LogP contribution in [0, 0.1) is 0 Å². The molecular formula is C19H11ClO2. The third-order valence-corrected chi connectivity index (χ3v) is 4.27. The Hall–Kier alpha value is -2.58. The highest BCUT2D eigenvalue weighted by molar-refractivity contribution is 6.56. The number of hydrogen-bond donors (Lipinski definition) is 0. The van der Waals surface area contributed by atoms with Gasteiger partial charge < -0.3 is 4.74 Å². The Morgan fingerprint density at radius 3 is 2.50 bits per heavy atom. The summed E-state index contributed by atoms with van der Waals surface area (Å²) in [6, 6.07) is 19.3. The molecule has 3 aromatic carbocycles. The van der Waals surface area contributed by atoms with E-state index in [2.05, 4.69) is 0 Å². The first-order valence-electron chi connectivity index (χ1n) is 6.94. The Balaban J connectivity index is 2.13. The van der Waals surface area contributed by atoms with Crippen molar-refractivity contribution in [3.8, 4) is 11.5 Å². The Morgan fingerprint density at radius 1 is 0.864 bits per heavy atom. The van der Waals surface area contributed by atoms with Gasteiger partial charge in [-0.25, -0.2) is 0 Å². The standard InChI is InChI=1S/C19H11ClO2/c20-18-15-10-9-12-5-1-2-6-13(12)19(15)22-17-8-4-3-7-14(17)16(18)11-21/h1-11H. The summed E-state index contributed by atoms with van der Waals surface area (Å²) >= 11 is 6.51. The zero-order valence-electron chi connectivity index (χ0n) is 11.5. The fraction of sp³-hybridized carbons (Fsp3) is 0. The number of rotatable bonds is 1. The van der Waals surface area contributed by atoms with Crippen molar-refractivity contribution in [2.24, 2.45) is 0 Å². The molecule has 0 N–H and O–H groups in total. The molecule has 3 heteroatoms. The smallest absolute Gasteiger partial charge is 0.152 e. The Labute approximate surface area is 132 Å². The van der Waals surface area contributed by atoms with E-state index in [-0.39, 0.29) is 0 Å². The summed E-state index contributed by atoms with van der Waals surface area (Å²) in [5, 5.41) is 2.46. The first-order chi connectivity index (χ1) is 10.8. The van der Waals surface area contributed by atoms with E-state index in [0.717, 1.165) is 22.6 Å². The lowest BCUT2D eigenvalue weighted by Crippen LogP contribution is -1.90. The summed E-state index contributed by atoms with van der Waals surface area (Å²) in [7, 11) is 0. The average Bonchev–Trinajstić information content (AvgIpc) is 2.69. The minimum Gasteiger partial charge on any atom is -0.455 e. The molecule has 0 unspecified atom stereocenters. The predicted octanol–water partition coefficient (Wildman–Crippen LogP) is 5.25. The number of benzene rings is 3. The zero-order chi connectivity index (χ0) is 15.1. The van der Waals surface area contributed by atoms with E-state index in [1.807, 2.05) is 60.7 Å². The Morgan fingerprint density at radius 2 is 1.64 bits per heavy atom. The van der Waals surface area contributed by atoms with Gasteiger partial charge in [-0.3, -0.25) is 4.79 Å². The van der Waals surface area contributed by atoms with Gasteiger partial charge in [0.15, 0.2) is 6.29 Å². The van der Waals surface area contributed by atoms with Crippen LogP contribution >= 0.6 is 11.6 Å². The van der Waals surface area contributed by atoms with Gasteiger partial charge in [0.05, 0.1) is 5.03 Å². The van der Waals surface area contributed by atoms with E-state index in [1.54, 1.807) is 0 Å². The number of fused-ring (bicyclic) bond motifs is 4. The number of carbonyl (C=O) groups excluding carboxylic acids is 1. The van der Waals surface area contributed by atoms with Crippen molar-refractivity contribution in [2.45, 2.75) is 0 Å². The average molecular weight is 307 g/mol. The Kier molecular flexibility index (Phi) is 2.98. The predicted molar refractivity (Wildman–Crippen MR) is 89.2 cm³/mol. The molecule has 1 aliphatic rings. The van der Waals surface area contributed by atoms with Gasteiger partial charge in [0, 0.05) is 22.1 Å². The first kappa shape index (κ1) is 13.1. The molecule has 0 spiro atoms. The van der Waals surface area contributed by atoms with E-state index >= 15 is 0 Å². The van der Waals surface area contributed by atoms with E-state index < -0.39 is 0 Å². The molecule has 0 aromatic heterocycles. The van der Waals surface area contributed by atoms with Crippen LogP contribution < -0.4 is 4.74 Å². The van der Waals surface area contributed by atoms with Crippen LogP contribution in [-0.2, 0) is 4.79 Å². The van der Waals surface area contributed by atoms with Gasteiger partial charge in [0.2, 0.25) is 0 Å². The van der Waals surface area contributed by atoms with Crippen molar-refractivity contribution < 1.29 is 9.53 Å². The maximum absolute atomic E-state index is 11.6. The summed E-state index contributed by atoms with van der Waals surface area (Å²) in [5.41, 5.74) is 1.90. The monoisotopic (exact) mass is 306 g/mol. The van der Waals surface area contributed by atoms with Crippen LogP contribution in [0.25, 0.3) is 21.4 Å². The number of allylic oxidation sites excluding steroid dienone is 1. The second-order valence-electron chi connectivity index (χ2n) is 5.11. The second kappa shape index (κ2) is 5.00. The lowest BCUT2D eigenvalue weighted by molar-refractivity contribution is -0.103. The molecular weight excluding hydrogens is 296 g/mol. The van der Waals surface area contributed by atoms with Crippen LogP contribution in [0.3, 0.4) is 0 Å². The molecule has 0 radical (unpaired) electrons. The largest absolute Gasteiger partial charge is 0.455 e. The molecule has 0 saturated heterocycles. The first-order valence-corrected chi connectivity index (χ1v) is 7.31. The van der Waals surface area contributed by atoms with E-state index in [1.165, 1.54) is 0 Å². The number of aldehydes is 1. The molecule has 106 valence electrons. The summed E-state index contributed by atoms with van der Waals surface area (Å²) in [4.78, 5) is 11.6. The molecule has 0 bridgehead atoms. The maximum atomic E-state index is 11.6. The number of carbonyl (C=O) groups is 1. The molecule has 0 fully saturated rings. The fourth-order valence-electron chi connectivity index (χ4n) is 2.79. The van der Waals surface area contributed by atoms with Crippen molar-refractivity contribution in [3.63, 3.8) is 0 Å². The minimum absolute atomic E-state index is 0.417. The summed E-state index contributed by atoms with van der Waals surface area (Å²) < 4.78 is 6.13. The van der Waals surface area contributed by atoms with Gasteiger partial charge in [0.25, 0.3) is 0 Å². The SMILES string of the molecule is O=CC1=C(Cl)c2ccc3ccccc3c2Oc2ccccc21. The van der Waals surface area contributed by atoms with Crippen LogP contribution in [0.2, 0.25) is 0 Å². The number of hydrogen-bond acceptors (Lipinski definition) is 2. The highest BCUT2D eigenvalue weighted by Gasteiger charge is 2.23. The highest BCUT2D eigenvalue weighted by atomic mass is 35.5. The number of para-hydroxylation sites is 1. The molecule has 0 atom stereocenters. The normalized spacial score (nSPS) is 13.1. The van der Waals surface area contributed by atoms with Crippen LogP contribution in [0.1, 0.15) is 11.1 Å². The van der Waals surface area contributed by atoms with Crippen LogP contribution in [0.15, 0.2) is 60.7 Å². The van der Waals surface area contributed by atoms with Crippen LogP contribution in [0.4, 0.5) is 0 Å². The van der Waals surface area contributed by atoms with Crippen molar-refractivity contribution in [1.82, 2.24) is 0 Å². The van der Waals surface area contributed by atoms with Crippen molar-refractivity contribution >= 4 is 39.3 Å². The molecule has 3 aromatic rings. The number of halogens is 1. The maximum Gasteiger partial charge on any atom is 0.152 e. The Bertz CT molecular complexity index is 941. The van der Waals surface area contributed by atoms with Gasteiger partial charge in [-0.05, 0) is 17.5 Å². The third-order valence-electron chi connectivity index (χ3n) is 3.86. The number of ether oxygens (including phenoxy) is 1. The molecule has 1 heterocycles. The molecule has 22 heavy (non-hydrogen) atoms. The molecule has 0 saturated carbocycles. The van der Waals surface area contributed by atoms with Crippen molar-refractivity contribution in [3.05, 3.63) is 71.8 Å². The summed E-state index contributed by atoms with van der Waals surface area (Å²) in [5.74, 6) is 1.32. The fourth-order valence-corrected chi connectivity index (χ4v) is 3.09. The zero-order valence-corrected chi connectivity index (χ0v) is 12.3. The summed E-state index contributed by atoms with van der Waals surface area (Å²) in [6.07, 6.45) is 0.787. The molecule has 0 aliphatic carbocycles. The molecule has 2 nitrogen and oxygen atoms in total. The third kappa shape index (κ3) is 1.85. The van der Waals surface area contributed by atoms with Crippen molar-refractivity contribution in [1.29, 1.82) is 0 Å². The second-order valence-corrected chi connectivity index (χ2v) is 5.49. The summed E-state index contributed by atoms with van der Waals surface area (Å²) in [6.45, 7) is 0. The van der Waals surface area contributed by atoms with Gasteiger partial charge in [-0.2, -0.15) is 0 Å². The van der Waals surface area contributed by atoms with E-state index in [4.69, 9.17) is 16.3 Å². The van der Waals surface area contributed by atoms with E-state index in [9.17, 15) is 4.79 Å². The minimum atomic E-state index is 0.417.